The van der Waals surface area contributed by atoms with Crippen LogP contribution in [-0.2, 0) is 9.53 Å². The molecule has 0 aromatic carbocycles. The molecule has 0 aromatic heterocycles. The fourth-order valence-corrected chi connectivity index (χ4v) is 7.28. The summed E-state index contributed by atoms with van der Waals surface area (Å²) < 4.78 is 5.44. The number of hydrogen-bond donors (Lipinski definition) is 2. The highest BCUT2D eigenvalue weighted by atomic mass is 16.5. The van der Waals surface area contributed by atoms with Gasteiger partial charge in [0.25, 0.3) is 0 Å². The molecule has 0 unspecified atom stereocenters. The number of aliphatic hydroxyl groups excluding tert-OH is 2. The van der Waals surface area contributed by atoms with E-state index in [1.165, 1.54) is 25.7 Å². The number of allylic oxidation sites excluding steroid dienone is 1. The molecule has 0 heterocycles. The van der Waals surface area contributed by atoms with E-state index in [1.807, 2.05) is 0 Å². The Morgan fingerprint density at radius 1 is 1.19 bits per heavy atom. The van der Waals surface area contributed by atoms with Crippen LogP contribution in [0.1, 0.15) is 73.1 Å². The van der Waals surface area contributed by atoms with E-state index >= 15 is 0 Å². The van der Waals surface area contributed by atoms with Crippen LogP contribution in [0.2, 0.25) is 0 Å². The van der Waals surface area contributed by atoms with Crippen molar-refractivity contribution in [1.29, 1.82) is 0 Å². The van der Waals surface area contributed by atoms with Crippen LogP contribution in [0.25, 0.3) is 0 Å². The van der Waals surface area contributed by atoms with E-state index in [-0.39, 0.29) is 35.9 Å². The van der Waals surface area contributed by atoms with Crippen LogP contribution in [0, 0.1) is 34.0 Å². The van der Waals surface area contributed by atoms with Gasteiger partial charge in [-0.05, 0) is 67.1 Å². The summed E-state index contributed by atoms with van der Waals surface area (Å²) in [5.41, 5.74) is 1.63. The van der Waals surface area contributed by atoms with Gasteiger partial charge in [0.2, 0.25) is 0 Å². The van der Waals surface area contributed by atoms with Crippen LogP contribution in [0.4, 0.5) is 0 Å². The van der Waals surface area contributed by atoms with Crippen molar-refractivity contribution in [3.63, 3.8) is 0 Å². The molecule has 4 heteroatoms. The smallest absolute Gasteiger partial charge is 0.313 e. The van der Waals surface area contributed by atoms with Crippen LogP contribution in [0.15, 0.2) is 11.6 Å². The number of carbonyl (C=O) groups is 1. The second kappa shape index (κ2) is 7.18. The highest BCUT2D eigenvalue weighted by Crippen LogP contribution is 2.68. The highest BCUT2D eigenvalue weighted by Gasteiger charge is 2.62. The third-order valence-corrected chi connectivity index (χ3v) is 8.49. The van der Waals surface area contributed by atoms with Gasteiger partial charge in [0, 0.05) is 0 Å². The largest absolute Gasteiger partial charge is 0.462 e. The van der Waals surface area contributed by atoms with Gasteiger partial charge in [0.05, 0.1) is 12.5 Å². The van der Waals surface area contributed by atoms with Crippen molar-refractivity contribution in [2.75, 3.05) is 13.2 Å². The molecule has 0 bridgehead atoms. The van der Waals surface area contributed by atoms with Gasteiger partial charge in [-0.1, -0.05) is 45.8 Å². The second-order valence-electron chi connectivity index (χ2n) is 10.6. The van der Waals surface area contributed by atoms with E-state index in [0.29, 0.717) is 17.3 Å². The van der Waals surface area contributed by atoms with E-state index in [9.17, 15) is 9.90 Å². The summed E-state index contributed by atoms with van der Waals surface area (Å²) in [6, 6.07) is 0. The van der Waals surface area contributed by atoms with Crippen LogP contribution in [-0.4, -0.2) is 35.5 Å². The van der Waals surface area contributed by atoms with Crippen molar-refractivity contribution in [1.82, 2.24) is 0 Å². The molecule has 3 aliphatic rings. The fourth-order valence-electron chi connectivity index (χ4n) is 7.28. The summed E-state index contributed by atoms with van der Waals surface area (Å²) in [4.78, 5) is 13.0. The van der Waals surface area contributed by atoms with Crippen molar-refractivity contribution in [2.45, 2.75) is 79.2 Å². The van der Waals surface area contributed by atoms with Crippen LogP contribution < -0.4 is 0 Å². The molecule has 0 aromatic rings. The van der Waals surface area contributed by atoms with Crippen molar-refractivity contribution < 1.29 is 19.7 Å². The number of hydrogen-bond acceptors (Lipinski definition) is 4. The fraction of sp³-hybridized carbons (Fsp3) is 0.870. The maximum absolute atomic E-state index is 13.0. The summed E-state index contributed by atoms with van der Waals surface area (Å²) in [6.07, 6.45) is 8.35. The predicted octanol–water partition coefficient (Wildman–Crippen LogP) is 4.10. The molecule has 0 aliphatic heterocycles. The molecule has 2 fully saturated rings. The van der Waals surface area contributed by atoms with Crippen molar-refractivity contribution in [2.24, 2.45) is 34.0 Å². The second-order valence-corrected chi connectivity index (χ2v) is 10.6. The highest BCUT2D eigenvalue weighted by molar-refractivity contribution is 5.77. The van der Waals surface area contributed by atoms with E-state index in [1.54, 1.807) is 0 Å². The number of fused-ring (bicyclic) bond motifs is 3. The average molecular weight is 379 g/mol. The van der Waals surface area contributed by atoms with Gasteiger partial charge in [-0.25, -0.2) is 0 Å². The zero-order valence-corrected chi connectivity index (χ0v) is 17.8. The summed E-state index contributed by atoms with van der Waals surface area (Å²) in [5.74, 6) is 0.703. The maximum Gasteiger partial charge on any atom is 0.313 e. The van der Waals surface area contributed by atoms with Gasteiger partial charge < -0.3 is 14.9 Å². The van der Waals surface area contributed by atoms with E-state index in [0.717, 1.165) is 18.4 Å². The summed E-state index contributed by atoms with van der Waals surface area (Å²) >= 11 is 0. The monoisotopic (exact) mass is 378 g/mol. The first-order valence-corrected chi connectivity index (χ1v) is 10.7. The van der Waals surface area contributed by atoms with Crippen molar-refractivity contribution in [3.8, 4) is 0 Å². The number of rotatable bonds is 4. The topological polar surface area (TPSA) is 66.8 Å². The molecule has 154 valence electrons. The molecule has 0 radical (unpaired) electrons. The number of aliphatic hydroxyl groups is 2. The van der Waals surface area contributed by atoms with Crippen molar-refractivity contribution in [3.05, 3.63) is 11.6 Å². The lowest BCUT2D eigenvalue weighted by Gasteiger charge is -2.64. The Labute approximate surface area is 164 Å². The van der Waals surface area contributed by atoms with Crippen molar-refractivity contribution >= 4 is 5.97 Å². The number of esters is 1. The zero-order chi connectivity index (χ0) is 20.0. The standard InChI is InChI=1S/C23H38O4/c1-15-7-8-18-22(4)11-6-10-21(2,3)17(22)9-12-23(18,5)19(15)20(26)27-14-16(25)13-24/h7,16-19,24-25H,6,8-14H2,1-5H3/t16-,17+,18-,19+,22+,23-/m1/s1. The minimum atomic E-state index is -1.00. The Morgan fingerprint density at radius 2 is 1.89 bits per heavy atom. The summed E-state index contributed by atoms with van der Waals surface area (Å²) in [5, 5.41) is 18.6. The number of ether oxygens (including phenoxy) is 1. The van der Waals surface area contributed by atoms with E-state index in [2.05, 4.69) is 40.7 Å². The number of carbonyl (C=O) groups excluding carboxylic acids is 1. The minimum Gasteiger partial charge on any atom is -0.462 e. The molecule has 0 saturated heterocycles. The van der Waals surface area contributed by atoms with Gasteiger partial charge >= 0.3 is 5.97 Å². The van der Waals surface area contributed by atoms with Crippen LogP contribution in [0.5, 0.6) is 0 Å². The lowest BCUT2D eigenvalue weighted by atomic mass is 9.40. The lowest BCUT2D eigenvalue weighted by Crippen LogP contribution is -2.58. The van der Waals surface area contributed by atoms with Gasteiger partial charge in [-0.2, -0.15) is 0 Å². The minimum absolute atomic E-state index is 0.0985. The first-order valence-electron chi connectivity index (χ1n) is 10.7. The first-order chi connectivity index (χ1) is 12.6. The normalized spacial score (nSPS) is 41.7. The quantitative estimate of drug-likeness (QED) is 0.571. The van der Waals surface area contributed by atoms with Gasteiger partial charge in [-0.15, -0.1) is 0 Å². The molecular formula is C23H38O4. The summed E-state index contributed by atoms with van der Waals surface area (Å²) in [6.45, 7) is 11.2. The van der Waals surface area contributed by atoms with Gasteiger partial charge in [-0.3, -0.25) is 4.79 Å². The first kappa shape index (κ1) is 20.9. The Bertz CT molecular complexity index is 609. The zero-order valence-electron chi connectivity index (χ0n) is 17.8. The Kier molecular flexibility index (Phi) is 5.55. The van der Waals surface area contributed by atoms with Crippen LogP contribution in [0.3, 0.4) is 0 Å². The molecule has 3 aliphatic carbocycles. The van der Waals surface area contributed by atoms with Gasteiger partial charge in [0.1, 0.15) is 12.7 Å². The predicted molar refractivity (Wildman–Crippen MR) is 106 cm³/mol. The Morgan fingerprint density at radius 3 is 2.56 bits per heavy atom. The Balaban J connectivity index is 1.90. The molecule has 6 atom stereocenters. The molecular weight excluding hydrogens is 340 g/mol. The molecule has 0 spiro atoms. The van der Waals surface area contributed by atoms with Gasteiger partial charge in [0.15, 0.2) is 0 Å². The third-order valence-electron chi connectivity index (χ3n) is 8.49. The third kappa shape index (κ3) is 3.37. The average Bonchev–Trinajstić information content (AvgIpc) is 2.57. The molecule has 3 rings (SSSR count). The molecule has 2 saturated carbocycles. The molecule has 2 N–H and O–H groups in total. The van der Waals surface area contributed by atoms with E-state index in [4.69, 9.17) is 9.84 Å². The molecule has 4 nitrogen and oxygen atoms in total. The van der Waals surface area contributed by atoms with E-state index < -0.39 is 6.10 Å². The lowest BCUT2D eigenvalue weighted by molar-refractivity contribution is -0.174. The summed E-state index contributed by atoms with van der Waals surface area (Å²) in [7, 11) is 0. The molecule has 27 heavy (non-hydrogen) atoms. The Hall–Kier alpha value is -0.870. The van der Waals surface area contributed by atoms with Crippen LogP contribution >= 0.6 is 0 Å². The molecule has 0 amide bonds. The SMILES string of the molecule is CC1=CC[C@H]2[C@@](C)(CC[C@H]3C(C)(C)CCC[C@]23C)[C@@H]1C(=O)OC[C@H](O)CO. The maximum atomic E-state index is 13.0.